The van der Waals surface area contributed by atoms with Crippen molar-refractivity contribution in [2.75, 3.05) is 11.5 Å². The molecule has 1 aromatic heterocycles. The van der Waals surface area contributed by atoms with Crippen molar-refractivity contribution in [3.63, 3.8) is 0 Å². The van der Waals surface area contributed by atoms with Crippen molar-refractivity contribution in [1.29, 1.82) is 0 Å². The number of carbonyl (C=O) groups is 2. The molecule has 1 atom stereocenters. The standard InChI is InChI=1S/C27H22N2O4S/c1-3-33-19-12-10-17(11-13-19)23-22(24(30)18-7-5-4-6-8-18)25(31)26(32)29(23)27-28-20-14-9-16(2)15-21(20)34-27/h4-15,23,30H,3H2,1-2H3/b24-22+/t23-/m1/s1. The van der Waals surface area contributed by atoms with Crippen LogP contribution in [0.1, 0.15) is 29.7 Å². The molecule has 0 unspecified atom stereocenters. The van der Waals surface area contributed by atoms with Crippen molar-refractivity contribution >= 4 is 44.1 Å². The highest BCUT2D eigenvalue weighted by atomic mass is 32.1. The maximum atomic E-state index is 13.3. The highest BCUT2D eigenvalue weighted by Crippen LogP contribution is 2.44. The lowest BCUT2D eigenvalue weighted by molar-refractivity contribution is -0.132. The van der Waals surface area contributed by atoms with Gasteiger partial charge in [-0.05, 0) is 49.2 Å². The first-order valence-electron chi connectivity index (χ1n) is 10.9. The number of amides is 1. The van der Waals surface area contributed by atoms with E-state index in [2.05, 4.69) is 4.98 Å². The van der Waals surface area contributed by atoms with E-state index < -0.39 is 17.7 Å². The Balaban J connectivity index is 1.70. The second kappa shape index (κ2) is 8.76. The maximum Gasteiger partial charge on any atom is 0.301 e. The van der Waals surface area contributed by atoms with E-state index in [1.807, 2.05) is 50.2 Å². The molecule has 1 N–H and O–H groups in total. The number of hydrogen-bond donors (Lipinski definition) is 1. The van der Waals surface area contributed by atoms with E-state index in [0.717, 1.165) is 15.8 Å². The van der Waals surface area contributed by atoms with Gasteiger partial charge in [-0.1, -0.05) is 59.9 Å². The van der Waals surface area contributed by atoms with E-state index in [-0.39, 0.29) is 11.3 Å². The summed E-state index contributed by atoms with van der Waals surface area (Å²) in [6.45, 7) is 4.42. The van der Waals surface area contributed by atoms with Gasteiger partial charge in [-0.15, -0.1) is 0 Å². The number of aliphatic hydroxyl groups is 1. The number of anilines is 1. The van der Waals surface area contributed by atoms with Crippen molar-refractivity contribution in [3.05, 3.63) is 95.1 Å². The molecule has 1 aliphatic rings. The number of rotatable bonds is 5. The van der Waals surface area contributed by atoms with Crippen molar-refractivity contribution in [2.45, 2.75) is 19.9 Å². The molecule has 0 bridgehead atoms. The molecular formula is C27H22N2O4S. The average Bonchev–Trinajstić information content (AvgIpc) is 3.37. The number of hydrogen-bond acceptors (Lipinski definition) is 6. The van der Waals surface area contributed by atoms with Crippen LogP contribution in [0.3, 0.4) is 0 Å². The quantitative estimate of drug-likeness (QED) is 0.232. The lowest BCUT2D eigenvalue weighted by Crippen LogP contribution is -2.29. The predicted molar refractivity (Wildman–Crippen MR) is 133 cm³/mol. The number of nitrogens with zero attached hydrogens (tertiary/aromatic N) is 2. The van der Waals surface area contributed by atoms with Gasteiger partial charge in [-0.25, -0.2) is 4.98 Å². The third-order valence-electron chi connectivity index (χ3n) is 5.74. The minimum absolute atomic E-state index is 0.0378. The molecule has 1 saturated heterocycles. The molecule has 6 nitrogen and oxygen atoms in total. The number of Topliss-reactive ketones (excluding diaryl/α,β-unsaturated/α-hetero) is 1. The van der Waals surface area contributed by atoms with Gasteiger partial charge < -0.3 is 9.84 Å². The number of fused-ring (bicyclic) bond motifs is 1. The molecule has 2 heterocycles. The summed E-state index contributed by atoms with van der Waals surface area (Å²) < 4.78 is 6.47. The minimum atomic E-state index is -0.822. The number of thiazole rings is 1. The SMILES string of the molecule is CCOc1ccc([C@@H]2/C(=C(\O)c3ccccc3)C(=O)C(=O)N2c2nc3ccc(C)cc3s2)cc1. The first-order valence-corrected chi connectivity index (χ1v) is 11.8. The third kappa shape index (κ3) is 3.74. The lowest BCUT2D eigenvalue weighted by atomic mass is 9.95. The van der Waals surface area contributed by atoms with Crippen LogP contribution in [-0.4, -0.2) is 28.4 Å². The Kier molecular flexibility index (Phi) is 5.63. The zero-order valence-corrected chi connectivity index (χ0v) is 19.5. The second-order valence-electron chi connectivity index (χ2n) is 8.00. The van der Waals surface area contributed by atoms with E-state index in [4.69, 9.17) is 4.74 Å². The monoisotopic (exact) mass is 470 g/mol. The van der Waals surface area contributed by atoms with Crippen LogP contribution in [0.2, 0.25) is 0 Å². The van der Waals surface area contributed by atoms with Crippen molar-refractivity contribution in [1.82, 2.24) is 4.98 Å². The van der Waals surface area contributed by atoms with Crippen LogP contribution < -0.4 is 9.64 Å². The van der Waals surface area contributed by atoms with Gasteiger partial charge >= 0.3 is 5.91 Å². The molecule has 3 aromatic carbocycles. The Morgan fingerprint density at radius 2 is 1.79 bits per heavy atom. The highest BCUT2D eigenvalue weighted by molar-refractivity contribution is 7.22. The van der Waals surface area contributed by atoms with Gasteiger partial charge in [-0.2, -0.15) is 0 Å². The molecule has 170 valence electrons. The van der Waals surface area contributed by atoms with Gasteiger partial charge in [0.1, 0.15) is 11.5 Å². The normalized spacial score (nSPS) is 17.5. The number of aliphatic hydroxyl groups excluding tert-OH is 1. The minimum Gasteiger partial charge on any atom is -0.507 e. The third-order valence-corrected chi connectivity index (χ3v) is 6.75. The first-order chi connectivity index (χ1) is 16.5. The molecule has 4 aromatic rings. The molecular weight excluding hydrogens is 448 g/mol. The molecule has 7 heteroatoms. The summed E-state index contributed by atoms with van der Waals surface area (Å²) in [5.74, 6) is -0.984. The summed E-state index contributed by atoms with van der Waals surface area (Å²) in [4.78, 5) is 32.6. The van der Waals surface area contributed by atoms with Gasteiger partial charge in [0.25, 0.3) is 5.78 Å². The molecule has 5 rings (SSSR count). The molecule has 34 heavy (non-hydrogen) atoms. The lowest BCUT2D eigenvalue weighted by Gasteiger charge is -2.23. The second-order valence-corrected chi connectivity index (χ2v) is 9.01. The van der Waals surface area contributed by atoms with Crippen LogP contribution in [0.15, 0.2) is 78.4 Å². The number of ether oxygens (including phenoxy) is 1. The van der Waals surface area contributed by atoms with Crippen LogP contribution >= 0.6 is 11.3 Å². The zero-order valence-electron chi connectivity index (χ0n) is 18.7. The fraction of sp³-hybridized carbons (Fsp3) is 0.148. The Bertz CT molecular complexity index is 1420. The van der Waals surface area contributed by atoms with Gasteiger partial charge in [0.15, 0.2) is 5.13 Å². The van der Waals surface area contributed by atoms with Gasteiger partial charge in [0.05, 0.1) is 28.4 Å². The molecule has 1 aliphatic heterocycles. The fourth-order valence-electron chi connectivity index (χ4n) is 4.13. The van der Waals surface area contributed by atoms with Crippen LogP contribution in [-0.2, 0) is 9.59 Å². The van der Waals surface area contributed by atoms with Gasteiger partial charge in [0.2, 0.25) is 0 Å². The largest absolute Gasteiger partial charge is 0.507 e. The van der Waals surface area contributed by atoms with E-state index >= 15 is 0 Å². The fourth-order valence-corrected chi connectivity index (χ4v) is 5.22. The Morgan fingerprint density at radius 1 is 1.06 bits per heavy atom. The van der Waals surface area contributed by atoms with E-state index in [9.17, 15) is 14.7 Å². The predicted octanol–water partition coefficient (Wildman–Crippen LogP) is 5.63. The maximum absolute atomic E-state index is 13.3. The van der Waals surface area contributed by atoms with E-state index in [1.54, 1.807) is 36.4 Å². The average molecular weight is 471 g/mol. The molecule has 0 aliphatic carbocycles. The Hall–Kier alpha value is -3.97. The number of ketones is 1. The summed E-state index contributed by atoms with van der Waals surface area (Å²) in [7, 11) is 0. The Morgan fingerprint density at radius 3 is 2.50 bits per heavy atom. The van der Waals surface area contributed by atoms with Crippen LogP contribution in [0.4, 0.5) is 5.13 Å². The topological polar surface area (TPSA) is 79.7 Å². The smallest absolute Gasteiger partial charge is 0.301 e. The summed E-state index contributed by atoms with van der Waals surface area (Å²) in [5, 5.41) is 11.6. The van der Waals surface area contributed by atoms with Crippen LogP contribution in [0.5, 0.6) is 5.75 Å². The highest BCUT2D eigenvalue weighted by Gasteiger charge is 2.48. The molecule has 0 spiro atoms. The molecule has 1 fully saturated rings. The van der Waals surface area contributed by atoms with Crippen LogP contribution in [0, 0.1) is 6.92 Å². The molecule has 0 saturated carbocycles. The number of aromatic nitrogens is 1. The van der Waals surface area contributed by atoms with Crippen molar-refractivity contribution in [2.24, 2.45) is 0 Å². The number of aryl methyl sites for hydroxylation is 1. The summed E-state index contributed by atoms with van der Waals surface area (Å²) in [6.07, 6.45) is 0. The number of carbonyl (C=O) groups excluding carboxylic acids is 2. The molecule has 1 amide bonds. The molecule has 0 radical (unpaired) electrons. The van der Waals surface area contributed by atoms with E-state index in [0.29, 0.717) is 28.6 Å². The number of benzene rings is 3. The Labute approximate surface area is 200 Å². The summed E-state index contributed by atoms with van der Waals surface area (Å²) in [5.41, 5.74) is 3.01. The van der Waals surface area contributed by atoms with E-state index in [1.165, 1.54) is 16.2 Å². The van der Waals surface area contributed by atoms with Crippen molar-refractivity contribution in [3.8, 4) is 5.75 Å². The summed E-state index contributed by atoms with van der Waals surface area (Å²) >= 11 is 1.35. The van der Waals surface area contributed by atoms with Crippen molar-refractivity contribution < 1.29 is 19.4 Å². The summed E-state index contributed by atoms with van der Waals surface area (Å²) in [6, 6.07) is 21.0. The first kappa shape index (κ1) is 21.9. The van der Waals surface area contributed by atoms with Crippen LogP contribution in [0.25, 0.3) is 16.0 Å². The zero-order chi connectivity index (χ0) is 23.8. The van der Waals surface area contributed by atoms with Gasteiger partial charge in [0, 0.05) is 5.56 Å². The van der Waals surface area contributed by atoms with Gasteiger partial charge in [-0.3, -0.25) is 14.5 Å².